The highest BCUT2D eigenvalue weighted by molar-refractivity contribution is 5.94. The van der Waals surface area contributed by atoms with Crippen LogP contribution in [0.4, 0.5) is 10.6 Å². The fraction of sp³-hybridized carbons (Fsp3) is 0.536. The molecule has 0 radical (unpaired) electrons. The van der Waals surface area contributed by atoms with Crippen molar-refractivity contribution >= 4 is 17.9 Å². The number of carbonyl (C=O) groups excluding carboxylic acids is 1. The first-order chi connectivity index (χ1) is 17.2. The topological polar surface area (TPSA) is 86.2 Å². The second kappa shape index (κ2) is 11.3. The van der Waals surface area contributed by atoms with Crippen molar-refractivity contribution in [1.29, 1.82) is 0 Å². The van der Waals surface area contributed by atoms with Gasteiger partial charge in [0.15, 0.2) is 0 Å². The van der Waals surface area contributed by atoms with Crippen LogP contribution in [0, 0.1) is 5.92 Å². The zero-order valence-electron chi connectivity index (χ0n) is 21.8. The first-order valence-corrected chi connectivity index (χ1v) is 13.0. The van der Waals surface area contributed by atoms with Crippen LogP contribution >= 0.6 is 0 Å². The third kappa shape index (κ3) is 5.98. The highest BCUT2D eigenvalue weighted by Crippen LogP contribution is 2.35. The molecule has 1 unspecified atom stereocenters. The Labute approximate surface area is 213 Å². The van der Waals surface area contributed by atoms with E-state index in [0.29, 0.717) is 23.8 Å². The van der Waals surface area contributed by atoms with Crippen molar-refractivity contribution < 1.29 is 19.4 Å². The Hall–Kier alpha value is -3.13. The molecule has 0 saturated carbocycles. The molecule has 1 aromatic heterocycles. The molecule has 2 aromatic rings. The van der Waals surface area contributed by atoms with Gasteiger partial charge in [-0.15, -0.1) is 0 Å². The van der Waals surface area contributed by atoms with Crippen molar-refractivity contribution in [2.75, 3.05) is 37.6 Å². The van der Waals surface area contributed by atoms with Crippen molar-refractivity contribution in [3.63, 3.8) is 0 Å². The van der Waals surface area contributed by atoms with Crippen molar-refractivity contribution in [3.05, 3.63) is 58.8 Å². The molecule has 2 aliphatic rings. The molecular formula is C28H38N4O4. The van der Waals surface area contributed by atoms with Gasteiger partial charge in [-0.1, -0.05) is 32.0 Å². The number of anilines is 1. The summed E-state index contributed by atoms with van der Waals surface area (Å²) in [7, 11) is 0. The van der Waals surface area contributed by atoms with Crippen LogP contribution in [0.5, 0.6) is 0 Å². The second-order valence-electron chi connectivity index (χ2n) is 10.5. The Balaban J connectivity index is 1.41. The minimum absolute atomic E-state index is 0.0706. The molecule has 8 nitrogen and oxygen atoms in total. The van der Waals surface area contributed by atoms with E-state index in [2.05, 4.69) is 46.8 Å². The summed E-state index contributed by atoms with van der Waals surface area (Å²) in [5.74, 6) is 0.781. The predicted octanol–water partition coefficient (Wildman–Crippen LogP) is 4.59. The molecule has 8 heteroatoms. The van der Waals surface area contributed by atoms with E-state index in [1.54, 1.807) is 23.2 Å². The Kier molecular flexibility index (Phi) is 8.14. The van der Waals surface area contributed by atoms with Crippen molar-refractivity contribution in [3.8, 4) is 0 Å². The lowest BCUT2D eigenvalue weighted by Crippen LogP contribution is -2.46. The standard InChI is InChI=1S/C28H38N4O4/c1-19(2)16-25-23-8-7-21(17-22(23)9-11-32(25)28(34)35)18-30-12-14-31(15-13-30)26-24(6-5-10-29-26)27(33)36-20(3)4/h5-8,10,17,19-20,25H,9,11-16,18H2,1-4H3,(H,34,35). The van der Waals surface area contributed by atoms with Crippen LogP contribution in [0.15, 0.2) is 36.5 Å². The van der Waals surface area contributed by atoms with Gasteiger partial charge in [0.2, 0.25) is 0 Å². The number of hydrogen-bond acceptors (Lipinski definition) is 6. The second-order valence-corrected chi connectivity index (χ2v) is 10.5. The van der Waals surface area contributed by atoms with Crippen LogP contribution in [-0.2, 0) is 17.7 Å². The normalized spacial score (nSPS) is 18.4. The number of ether oxygens (including phenoxy) is 1. The molecule has 36 heavy (non-hydrogen) atoms. The molecule has 0 spiro atoms. The number of nitrogens with zero attached hydrogens (tertiary/aromatic N) is 4. The van der Waals surface area contributed by atoms with Gasteiger partial charge in [-0.2, -0.15) is 0 Å². The summed E-state index contributed by atoms with van der Waals surface area (Å²) in [6.07, 6.45) is 2.31. The highest BCUT2D eigenvalue weighted by Gasteiger charge is 2.31. The van der Waals surface area contributed by atoms with E-state index in [1.807, 2.05) is 13.8 Å². The number of benzene rings is 1. The minimum atomic E-state index is -0.832. The Morgan fingerprint density at radius 2 is 1.83 bits per heavy atom. The van der Waals surface area contributed by atoms with Crippen LogP contribution < -0.4 is 4.90 Å². The molecule has 1 fully saturated rings. The van der Waals surface area contributed by atoms with Gasteiger partial charge in [0.1, 0.15) is 11.4 Å². The molecule has 194 valence electrons. The van der Waals surface area contributed by atoms with Crippen molar-refractivity contribution in [1.82, 2.24) is 14.8 Å². The molecule has 0 bridgehead atoms. The summed E-state index contributed by atoms with van der Waals surface area (Å²) >= 11 is 0. The molecule has 3 heterocycles. The fourth-order valence-electron chi connectivity index (χ4n) is 5.26. The number of amides is 1. The van der Waals surface area contributed by atoms with E-state index in [4.69, 9.17) is 4.74 Å². The summed E-state index contributed by atoms with van der Waals surface area (Å²) < 4.78 is 5.41. The largest absolute Gasteiger partial charge is 0.465 e. The monoisotopic (exact) mass is 494 g/mol. The van der Waals surface area contributed by atoms with E-state index in [9.17, 15) is 14.7 Å². The van der Waals surface area contributed by atoms with Crippen LogP contribution in [0.3, 0.4) is 0 Å². The third-order valence-corrected chi connectivity index (χ3v) is 6.93. The van der Waals surface area contributed by atoms with E-state index < -0.39 is 6.09 Å². The molecule has 1 N–H and O–H groups in total. The number of aromatic nitrogens is 1. The number of carboxylic acid groups (broad SMARTS) is 1. The van der Waals surface area contributed by atoms with E-state index in [1.165, 1.54) is 11.1 Å². The Bertz CT molecular complexity index is 1080. The molecular weight excluding hydrogens is 456 g/mol. The maximum atomic E-state index is 12.5. The number of piperazine rings is 1. The molecule has 2 aliphatic heterocycles. The zero-order valence-corrected chi connectivity index (χ0v) is 21.8. The van der Waals surface area contributed by atoms with Gasteiger partial charge in [0.25, 0.3) is 0 Å². The summed E-state index contributed by atoms with van der Waals surface area (Å²) in [6, 6.07) is 10.1. The van der Waals surface area contributed by atoms with Gasteiger partial charge < -0.3 is 19.6 Å². The lowest BCUT2D eigenvalue weighted by Gasteiger charge is -2.37. The van der Waals surface area contributed by atoms with Gasteiger partial charge in [-0.05, 0) is 61.4 Å². The van der Waals surface area contributed by atoms with Crippen molar-refractivity contribution in [2.24, 2.45) is 5.92 Å². The quantitative estimate of drug-likeness (QED) is 0.563. The Morgan fingerprint density at radius 1 is 1.08 bits per heavy atom. The molecule has 4 rings (SSSR count). The van der Waals surface area contributed by atoms with Gasteiger partial charge >= 0.3 is 12.1 Å². The maximum absolute atomic E-state index is 12.5. The van der Waals surface area contributed by atoms with E-state index in [-0.39, 0.29) is 18.1 Å². The number of pyridine rings is 1. The minimum Gasteiger partial charge on any atom is -0.465 e. The van der Waals surface area contributed by atoms with E-state index in [0.717, 1.165) is 51.1 Å². The van der Waals surface area contributed by atoms with Crippen LogP contribution in [-0.4, -0.2) is 70.8 Å². The molecule has 0 aliphatic carbocycles. The maximum Gasteiger partial charge on any atom is 0.407 e. The summed E-state index contributed by atoms with van der Waals surface area (Å²) in [5.41, 5.74) is 4.20. The zero-order chi connectivity index (χ0) is 25.8. The number of fused-ring (bicyclic) bond motifs is 1. The van der Waals surface area contributed by atoms with Gasteiger partial charge in [-0.25, -0.2) is 14.6 Å². The van der Waals surface area contributed by atoms with Crippen LogP contribution in [0.25, 0.3) is 0 Å². The van der Waals surface area contributed by atoms with Crippen molar-refractivity contribution in [2.45, 2.75) is 59.2 Å². The Morgan fingerprint density at radius 3 is 2.50 bits per heavy atom. The van der Waals surface area contributed by atoms with E-state index >= 15 is 0 Å². The lowest BCUT2D eigenvalue weighted by atomic mass is 9.87. The number of esters is 1. The molecule has 1 amide bonds. The van der Waals surface area contributed by atoms with Gasteiger partial charge in [0.05, 0.1) is 12.1 Å². The number of rotatable bonds is 7. The average molecular weight is 495 g/mol. The predicted molar refractivity (Wildman–Crippen MR) is 139 cm³/mol. The van der Waals surface area contributed by atoms with Gasteiger partial charge in [-0.3, -0.25) is 4.90 Å². The lowest BCUT2D eigenvalue weighted by molar-refractivity contribution is 0.0378. The smallest absolute Gasteiger partial charge is 0.407 e. The number of carbonyl (C=O) groups is 2. The van der Waals surface area contributed by atoms with Gasteiger partial charge in [0, 0.05) is 45.5 Å². The number of hydrogen-bond donors (Lipinski definition) is 1. The SMILES string of the molecule is CC(C)CC1c2ccc(CN3CCN(c4ncccc4C(=O)OC(C)C)CC3)cc2CCN1C(=O)O. The molecule has 1 saturated heterocycles. The summed E-state index contributed by atoms with van der Waals surface area (Å²) in [4.78, 5) is 35.0. The summed E-state index contributed by atoms with van der Waals surface area (Å²) in [6.45, 7) is 12.7. The average Bonchev–Trinajstić information content (AvgIpc) is 2.83. The van der Waals surface area contributed by atoms with Crippen LogP contribution in [0.1, 0.15) is 67.2 Å². The highest BCUT2D eigenvalue weighted by atomic mass is 16.5. The first kappa shape index (κ1) is 25.9. The first-order valence-electron chi connectivity index (χ1n) is 13.0. The molecule has 1 aromatic carbocycles. The fourth-order valence-corrected chi connectivity index (χ4v) is 5.26. The van der Waals surface area contributed by atoms with Crippen LogP contribution in [0.2, 0.25) is 0 Å². The molecule has 1 atom stereocenters. The summed E-state index contributed by atoms with van der Waals surface area (Å²) in [5, 5.41) is 9.69. The third-order valence-electron chi connectivity index (χ3n) is 6.93.